The highest BCUT2D eigenvalue weighted by molar-refractivity contribution is 5.87. The summed E-state index contributed by atoms with van der Waals surface area (Å²) in [5, 5.41) is 10.9. The molecule has 0 fully saturated rings. The van der Waals surface area contributed by atoms with E-state index in [4.69, 9.17) is 4.74 Å². The Morgan fingerprint density at radius 1 is 1.18 bits per heavy atom. The van der Waals surface area contributed by atoms with Crippen LogP contribution in [-0.2, 0) is 0 Å². The van der Waals surface area contributed by atoms with Crippen LogP contribution < -0.4 is 14.7 Å². The number of ether oxygens (including phenoxy) is 1. The van der Waals surface area contributed by atoms with Crippen molar-refractivity contribution in [2.24, 2.45) is 0 Å². The van der Waals surface area contributed by atoms with Gasteiger partial charge < -0.3 is 19.5 Å². The van der Waals surface area contributed by atoms with E-state index < -0.39 is 11.8 Å². The van der Waals surface area contributed by atoms with Gasteiger partial charge in [0.15, 0.2) is 0 Å². The van der Waals surface area contributed by atoms with Crippen molar-refractivity contribution in [3.63, 3.8) is 0 Å². The second-order valence-corrected chi connectivity index (χ2v) is 5.31. The lowest BCUT2D eigenvalue weighted by molar-refractivity contribution is -0.858. The molecule has 0 amide bonds. The average molecular weight is 303 g/mol. The van der Waals surface area contributed by atoms with Gasteiger partial charge in [-0.15, -0.1) is 0 Å². The summed E-state index contributed by atoms with van der Waals surface area (Å²) in [6.45, 7) is 1.47. The van der Waals surface area contributed by atoms with Crippen LogP contribution >= 0.6 is 0 Å². The van der Waals surface area contributed by atoms with Crippen LogP contribution in [0, 0.1) is 5.82 Å². The number of carbonyl (C=O) groups excluding carboxylic acids is 1. The normalized spacial score (nSPS) is 10.7. The van der Waals surface area contributed by atoms with Gasteiger partial charge in [-0.3, -0.25) is 0 Å². The van der Waals surface area contributed by atoms with Crippen molar-refractivity contribution in [3.05, 3.63) is 53.8 Å². The molecule has 0 aliphatic carbocycles. The quantitative estimate of drug-likeness (QED) is 0.839. The van der Waals surface area contributed by atoms with Gasteiger partial charge in [-0.2, -0.15) is 0 Å². The molecule has 0 saturated carbocycles. The third-order valence-corrected chi connectivity index (χ3v) is 3.24. The number of rotatable bonds is 6. The lowest BCUT2D eigenvalue weighted by atomic mass is 10.0. The zero-order chi connectivity index (χ0) is 16.1. The highest BCUT2D eigenvalue weighted by Crippen LogP contribution is 2.26. The zero-order valence-corrected chi connectivity index (χ0v) is 12.6. The summed E-state index contributed by atoms with van der Waals surface area (Å²) in [7, 11) is 4.08. The molecular formula is C17H18FNO3. The van der Waals surface area contributed by atoms with Gasteiger partial charge in [0, 0.05) is 5.56 Å². The third kappa shape index (κ3) is 4.05. The number of hydrogen-bond acceptors (Lipinski definition) is 3. The molecule has 0 heterocycles. The molecule has 22 heavy (non-hydrogen) atoms. The summed E-state index contributed by atoms with van der Waals surface area (Å²) in [6.07, 6.45) is 0. The predicted octanol–water partition coefficient (Wildman–Crippen LogP) is 0.380. The summed E-state index contributed by atoms with van der Waals surface area (Å²) >= 11 is 0. The molecule has 0 unspecified atom stereocenters. The summed E-state index contributed by atoms with van der Waals surface area (Å²) < 4.78 is 19.4. The first kappa shape index (κ1) is 16.0. The highest BCUT2D eigenvalue weighted by Gasteiger charge is 2.07. The van der Waals surface area contributed by atoms with Crippen molar-refractivity contribution in [1.82, 2.24) is 0 Å². The van der Waals surface area contributed by atoms with Crippen LogP contribution in [0.1, 0.15) is 10.4 Å². The largest absolute Gasteiger partial charge is 0.545 e. The molecule has 4 nitrogen and oxygen atoms in total. The predicted molar refractivity (Wildman–Crippen MR) is 79.3 cm³/mol. The van der Waals surface area contributed by atoms with Gasteiger partial charge in [-0.05, 0) is 35.4 Å². The van der Waals surface area contributed by atoms with E-state index in [0.29, 0.717) is 17.9 Å². The van der Waals surface area contributed by atoms with Gasteiger partial charge in [0.1, 0.15) is 24.7 Å². The lowest BCUT2D eigenvalue weighted by Crippen LogP contribution is -3.06. The molecule has 0 bridgehead atoms. The fourth-order valence-corrected chi connectivity index (χ4v) is 1.98. The van der Waals surface area contributed by atoms with Crippen LogP contribution in [-0.4, -0.2) is 33.2 Å². The Balaban J connectivity index is 2.16. The molecule has 116 valence electrons. The molecule has 0 radical (unpaired) electrons. The Labute approximate surface area is 128 Å². The Hall–Kier alpha value is -2.40. The van der Waals surface area contributed by atoms with Crippen molar-refractivity contribution < 1.29 is 23.9 Å². The molecular weight excluding hydrogens is 285 g/mol. The number of benzene rings is 2. The summed E-state index contributed by atoms with van der Waals surface area (Å²) in [6, 6.07) is 10.5. The highest BCUT2D eigenvalue weighted by atomic mass is 19.1. The summed E-state index contributed by atoms with van der Waals surface area (Å²) in [5.74, 6) is -1.11. The fourth-order valence-electron chi connectivity index (χ4n) is 1.98. The monoisotopic (exact) mass is 303 g/mol. The van der Waals surface area contributed by atoms with Crippen LogP contribution in [0.4, 0.5) is 4.39 Å². The number of hydrogen-bond donors (Lipinski definition) is 1. The molecule has 1 N–H and O–H groups in total. The van der Waals surface area contributed by atoms with Crippen LogP contribution in [0.15, 0.2) is 42.5 Å². The molecule has 0 aliphatic heterocycles. The van der Waals surface area contributed by atoms with E-state index >= 15 is 0 Å². The molecule has 0 atom stereocenters. The van der Waals surface area contributed by atoms with Crippen LogP contribution in [0.5, 0.6) is 5.75 Å². The molecule has 0 saturated heterocycles. The SMILES string of the molecule is C[NH+](C)CCOc1ccc(-c2cc(C(=O)[O-])ccc2F)cc1. The van der Waals surface area contributed by atoms with Gasteiger partial charge >= 0.3 is 0 Å². The maximum Gasteiger partial charge on any atom is 0.137 e. The minimum absolute atomic E-state index is 0.0503. The third-order valence-electron chi connectivity index (χ3n) is 3.24. The first-order chi connectivity index (χ1) is 10.5. The average Bonchev–Trinajstić information content (AvgIpc) is 2.48. The van der Waals surface area contributed by atoms with Gasteiger partial charge in [-0.1, -0.05) is 18.2 Å². The first-order valence-electron chi connectivity index (χ1n) is 7.00. The Bertz CT molecular complexity index is 653. The second-order valence-electron chi connectivity index (χ2n) is 5.31. The van der Waals surface area contributed by atoms with Crippen molar-refractivity contribution >= 4 is 5.97 Å². The van der Waals surface area contributed by atoms with Gasteiger partial charge in [0.25, 0.3) is 0 Å². The molecule has 2 rings (SSSR count). The van der Waals surface area contributed by atoms with Crippen molar-refractivity contribution in [2.45, 2.75) is 0 Å². The standard InChI is InChI=1S/C17H18FNO3/c1-19(2)9-10-22-14-6-3-12(4-7-14)15-11-13(17(20)21)5-8-16(15)18/h3-8,11H,9-10H2,1-2H3,(H,20,21). The molecule has 5 heteroatoms. The maximum absolute atomic E-state index is 13.9. The molecule has 0 aliphatic rings. The molecule has 0 spiro atoms. The maximum atomic E-state index is 13.9. The van der Waals surface area contributed by atoms with Crippen LogP contribution in [0.25, 0.3) is 11.1 Å². The Morgan fingerprint density at radius 3 is 2.45 bits per heavy atom. The van der Waals surface area contributed by atoms with Crippen LogP contribution in [0.2, 0.25) is 0 Å². The van der Waals surface area contributed by atoms with E-state index in [2.05, 4.69) is 0 Å². The number of quaternary nitrogens is 1. The zero-order valence-electron chi connectivity index (χ0n) is 12.6. The number of carbonyl (C=O) groups is 1. The topological polar surface area (TPSA) is 53.8 Å². The van der Waals surface area contributed by atoms with E-state index in [1.165, 1.54) is 17.0 Å². The van der Waals surface area contributed by atoms with E-state index in [1.54, 1.807) is 24.3 Å². The number of likely N-dealkylation sites (N-methyl/N-ethyl adjacent to an activating group) is 1. The number of halogens is 1. The number of carboxylic acids is 1. The van der Waals surface area contributed by atoms with E-state index in [0.717, 1.165) is 12.6 Å². The molecule has 2 aromatic rings. The van der Waals surface area contributed by atoms with Crippen LogP contribution in [0.3, 0.4) is 0 Å². The van der Waals surface area contributed by atoms with E-state index in [1.807, 2.05) is 14.1 Å². The number of aromatic carboxylic acids is 1. The lowest BCUT2D eigenvalue weighted by Gasteiger charge is -2.11. The van der Waals surface area contributed by atoms with Crippen molar-refractivity contribution in [1.29, 1.82) is 0 Å². The summed E-state index contributed by atoms with van der Waals surface area (Å²) in [5.41, 5.74) is 0.767. The van der Waals surface area contributed by atoms with Gasteiger partial charge in [0.05, 0.1) is 20.1 Å². The minimum atomic E-state index is -1.33. The first-order valence-corrected chi connectivity index (χ1v) is 7.00. The van der Waals surface area contributed by atoms with Crippen molar-refractivity contribution in [2.75, 3.05) is 27.2 Å². The summed E-state index contributed by atoms with van der Waals surface area (Å²) in [4.78, 5) is 12.2. The van der Waals surface area contributed by atoms with Gasteiger partial charge in [-0.25, -0.2) is 4.39 Å². The minimum Gasteiger partial charge on any atom is -0.545 e. The fraction of sp³-hybridized carbons (Fsp3) is 0.235. The Kier molecular flexibility index (Phi) is 5.12. The van der Waals surface area contributed by atoms with E-state index in [9.17, 15) is 14.3 Å². The number of carboxylic acid groups (broad SMARTS) is 1. The molecule has 2 aromatic carbocycles. The smallest absolute Gasteiger partial charge is 0.137 e. The number of nitrogens with one attached hydrogen (secondary N) is 1. The van der Waals surface area contributed by atoms with Gasteiger partial charge in [0.2, 0.25) is 0 Å². The Morgan fingerprint density at radius 2 is 1.86 bits per heavy atom. The van der Waals surface area contributed by atoms with E-state index in [-0.39, 0.29) is 11.1 Å². The van der Waals surface area contributed by atoms with Crippen molar-refractivity contribution in [3.8, 4) is 16.9 Å². The second kappa shape index (κ2) is 7.04. The molecule has 0 aromatic heterocycles.